The highest BCUT2D eigenvalue weighted by Crippen LogP contribution is 2.17. The molecule has 8 heteroatoms. The number of carbonyl (C=O) groups excluding carboxylic acids is 3. The van der Waals surface area contributed by atoms with E-state index in [4.69, 9.17) is 4.74 Å². The van der Waals surface area contributed by atoms with Crippen LogP contribution in [0.4, 0.5) is 0 Å². The number of carbonyl (C=O) groups is 3. The van der Waals surface area contributed by atoms with Crippen LogP contribution < -0.4 is 10.6 Å². The maximum atomic E-state index is 12.7. The third kappa shape index (κ3) is 5.90. The van der Waals surface area contributed by atoms with Crippen LogP contribution in [-0.4, -0.2) is 47.9 Å². The molecule has 2 aromatic rings. The Morgan fingerprint density at radius 3 is 2.30 bits per heavy atom. The molecule has 2 heterocycles. The lowest BCUT2D eigenvalue weighted by atomic mass is 10.1. The Kier molecular flexibility index (Phi) is 7.23. The van der Waals surface area contributed by atoms with Gasteiger partial charge in [-0.15, -0.1) is 11.3 Å². The predicted octanol–water partition coefficient (Wildman–Crippen LogP) is 2.56. The number of rotatable bonds is 6. The largest absolute Gasteiger partial charge is 0.372 e. The average Bonchev–Trinajstić information content (AvgIpc) is 3.19. The molecular weight excluding hydrogens is 402 g/mol. The van der Waals surface area contributed by atoms with Gasteiger partial charge in [-0.3, -0.25) is 14.4 Å². The van der Waals surface area contributed by atoms with Crippen LogP contribution in [-0.2, 0) is 22.6 Å². The summed E-state index contributed by atoms with van der Waals surface area (Å²) in [6.07, 6.45) is 0.0615. The number of hydrogen-bond donors (Lipinski definition) is 2. The van der Waals surface area contributed by atoms with Crippen molar-refractivity contribution in [2.75, 3.05) is 13.1 Å². The number of hydrogen-bond acceptors (Lipinski definition) is 5. The topological polar surface area (TPSA) is 87.7 Å². The summed E-state index contributed by atoms with van der Waals surface area (Å²) in [7, 11) is 0. The zero-order valence-corrected chi connectivity index (χ0v) is 18.3. The maximum absolute atomic E-state index is 12.7. The Bertz CT molecular complexity index is 899. The summed E-state index contributed by atoms with van der Waals surface area (Å²) in [5, 5.41) is 5.61. The van der Waals surface area contributed by atoms with Gasteiger partial charge in [0.1, 0.15) is 0 Å². The van der Waals surface area contributed by atoms with Crippen LogP contribution in [0.15, 0.2) is 36.4 Å². The van der Waals surface area contributed by atoms with Crippen LogP contribution in [0.3, 0.4) is 0 Å². The minimum absolute atomic E-state index is 0.00197. The summed E-state index contributed by atoms with van der Waals surface area (Å²) >= 11 is 1.35. The number of thiophene rings is 1. The van der Waals surface area contributed by atoms with E-state index in [0.717, 1.165) is 10.4 Å². The van der Waals surface area contributed by atoms with Crippen LogP contribution in [0.1, 0.15) is 51.2 Å². The van der Waals surface area contributed by atoms with Crippen molar-refractivity contribution in [1.29, 1.82) is 0 Å². The van der Waals surface area contributed by atoms with Crippen LogP contribution in [0.5, 0.6) is 0 Å². The fourth-order valence-electron chi connectivity index (χ4n) is 3.37. The number of nitrogens with one attached hydrogen (secondary N) is 2. The van der Waals surface area contributed by atoms with Crippen LogP contribution in [0.2, 0.25) is 0 Å². The van der Waals surface area contributed by atoms with Crippen LogP contribution >= 0.6 is 11.3 Å². The Morgan fingerprint density at radius 1 is 1.00 bits per heavy atom. The summed E-state index contributed by atoms with van der Waals surface area (Å²) in [6, 6.07) is 10.9. The first kappa shape index (κ1) is 22.0. The van der Waals surface area contributed by atoms with Gasteiger partial charge in [0.05, 0.1) is 23.6 Å². The van der Waals surface area contributed by atoms with Gasteiger partial charge in [0.15, 0.2) is 0 Å². The molecule has 0 aliphatic carbocycles. The van der Waals surface area contributed by atoms with Crippen molar-refractivity contribution in [3.63, 3.8) is 0 Å². The van der Waals surface area contributed by atoms with Crippen molar-refractivity contribution < 1.29 is 19.1 Å². The third-order valence-electron chi connectivity index (χ3n) is 4.76. The number of benzene rings is 1. The zero-order chi connectivity index (χ0) is 21.7. The summed E-state index contributed by atoms with van der Waals surface area (Å²) in [5.74, 6) is -0.266. The highest BCUT2D eigenvalue weighted by atomic mass is 32.1. The zero-order valence-electron chi connectivity index (χ0n) is 17.4. The van der Waals surface area contributed by atoms with Gasteiger partial charge in [0.2, 0.25) is 5.91 Å². The van der Waals surface area contributed by atoms with E-state index in [1.807, 2.05) is 36.9 Å². The highest BCUT2D eigenvalue weighted by Gasteiger charge is 2.26. The molecule has 1 aromatic heterocycles. The molecule has 0 saturated carbocycles. The molecule has 3 amide bonds. The Morgan fingerprint density at radius 2 is 1.67 bits per heavy atom. The molecular formula is C22H27N3O4S. The molecule has 2 N–H and O–H groups in total. The van der Waals surface area contributed by atoms with Gasteiger partial charge in [-0.05, 0) is 43.7 Å². The molecule has 0 spiro atoms. The number of amides is 3. The van der Waals surface area contributed by atoms with Gasteiger partial charge in [0, 0.05) is 37.0 Å². The quantitative estimate of drug-likeness (QED) is 0.739. The van der Waals surface area contributed by atoms with E-state index in [1.165, 1.54) is 18.3 Å². The van der Waals surface area contributed by atoms with Gasteiger partial charge >= 0.3 is 0 Å². The van der Waals surface area contributed by atoms with E-state index in [1.54, 1.807) is 18.2 Å². The van der Waals surface area contributed by atoms with Gasteiger partial charge in [-0.1, -0.05) is 12.1 Å². The van der Waals surface area contributed by atoms with Crippen molar-refractivity contribution in [3.05, 3.63) is 57.3 Å². The second-order valence-corrected chi connectivity index (χ2v) is 8.69. The first-order valence-electron chi connectivity index (χ1n) is 9.97. The van der Waals surface area contributed by atoms with Crippen molar-refractivity contribution in [2.45, 2.75) is 46.1 Å². The molecule has 1 aliphatic rings. The molecule has 2 atom stereocenters. The summed E-state index contributed by atoms with van der Waals surface area (Å²) in [6.45, 7) is 7.37. The smallest absolute Gasteiger partial charge is 0.261 e. The first-order valence-corrected chi connectivity index (χ1v) is 10.8. The summed E-state index contributed by atoms with van der Waals surface area (Å²) in [4.78, 5) is 39.4. The average molecular weight is 430 g/mol. The van der Waals surface area contributed by atoms with E-state index in [2.05, 4.69) is 10.6 Å². The van der Waals surface area contributed by atoms with E-state index in [-0.39, 0.29) is 29.9 Å². The second kappa shape index (κ2) is 9.86. The first-order chi connectivity index (χ1) is 14.3. The molecule has 1 fully saturated rings. The molecule has 1 aromatic carbocycles. The molecule has 1 saturated heterocycles. The normalized spacial score (nSPS) is 18.7. The maximum Gasteiger partial charge on any atom is 0.261 e. The fourth-order valence-corrected chi connectivity index (χ4v) is 4.23. The van der Waals surface area contributed by atoms with E-state index >= 15 is 0 Å². The SMILES string of the molecule is CC(=O)NCc1ccc(C(=O)NCc2ccc(C(=O)N3CC(C)OC(C)C3)cc2)s1. The molecule has 7 nitrogen and oxygen atoms in total. The lowest BCUT2D eigenvalue weighted by Gasteiger charge is -2.35. The van der Waals surface area contributed by atoms with E-state index in [0.29, 0.717) is 36.6 Å². The molecule has 1 aliphatic heterocycles. The van der Waals surface area contributed by atoms with E-state index in [9.17, 15) is 14.4 Å². The Hall–Kier alpha value is -2.71. The third-order valence-corrected chi connectivity index (χ3v) is 5.84. The monoisotopic (exact) mass is 429 g/mol. The number of ether oxygens (including phenoxy) is 1. The summed E-state index contributed by atoms with van der Waals surface area (Å²) in [5.41, 5.74) is 1.55. The predicted molar refractivity (Wildman–Crippen MR) is 115 cm³/mol. The highest BCUT2D eigenvalue weighted by molar-refractivity contribution is 7.14. The Balaban J connectivity index is 1.52. The van der Waals surface area contributed by atoms with Gasteiger partial charge < -0.3 is 20.3 Å². The fraction of sp³-hybridized carbons (Fsp3) is 0.409. The van der Waals surface area contributed by atoms with Crippen molar-refractivity contribution >= 4 is 29.1 Å². The molecule has 2 unspecified atom stereocenters. The number of morpholine rings is 1. The Labute approximate surface area is 180 Å². The molecule has 30 heavy (non-hydrogen) atoms. The molecule has 0 bridgehead atoms. The lowest BCUT2D eigenvalue weighted by Crippen LogP contribution is -2.48. The second-order valence-electron chi connectivity index (χ2n) is 7.52. The molecule has 160 valence electrons. The van der Waals surface area contributed by atoms with Gasteiger partial charge in [-0.2, -0.15) is 0 Å². The molecule has 0 radical (unpaired) electrons. The summed E-state index contributed by atoms with van der Waals surface area (Å²) < 4.78 is 5.69. The van der Waals surface area contributed by atoms with Crippen molar-refractivity contribution in [3.8, 4) is 0 Å². The minimum Gasteiger partial charge on any atom is -0.372 e. The van der Waals surface area contributed by atoms with Crippen LogP contribution in [0.25, 0.3) is 0 Å². The van der Waals surface area contributed by atoms with Crippen molar-refractivity contribution in [2.24, 2.45) is 0 Å². The standard InChI is InChI=1S/C22H27N3O4S/c1-14-12-25(13-15(2)29-14)22(28)18-6-4-17(5-7-18)10-24-21(27)20-9-8-19(30-20)11-23-16(3)26/h4-9,14-15H,10-13H2,1-3H3,(H,23,26)(H,24,27). The van der Waals surface area contributed by atoms with E-state index < -0.39 is 0 Å². The van der Waals surface area contributed by atoms with Gasteiger partial charge in [-0.25, -0.2) is 0 Å². The lowest BCUT2D eigenvalue weighted by molar-refractivity contribution is -0.119. The van der Waals surface area contributed by atoms with Gasteiger partial charge in [0.25, 0.3) is 11.8 Å². The minimum atomic E-state index is -0.162. The molecule has 3 rings (SSSR count). The van der Waals surface area contributed by atoms with Crippen LogP contribution in [0, 0.1) is 0 Å². The number of nitrogens with zero attached hydrogens (tertiary/aromatic N) is 1. The van der Waals surface area contributed by atoms with Crippen molar-refractivity contribution in [1.82, 2.24) is 15.5 Å².